The molecule has 0 amide bonds. The Morgan fingerprint density at radius 2 is 2.24 bits per heavy atom. The normalized spacial score (nSPS) is 25.5. The minimum absolute atomic E-state index is 0.225. The molecular formula is C15H22ClN3O2. The zero-order valence-electron chi connectivity index (χ0n) is 12.5. The van der Waals surface area contributed by atoms with Gasteiger partial charge in [0, 0.05) is 13.2 Å². The topological polar surface area (TPSA) is 56.1 Å². The SMILES string of the molecule is CC(C)Cn1ncc(NC2CCOC2C2CC2)c(Cl)c1=O. The Morgan fingerprint density at radius 3 is 2.90 bits per heavy atom. The molecule has 21 heavy (non-hydrogen) atoms. The lowest BCUT2D eigenvalue weighted by molar-refractivity contribution is 0.0898. The van der Waals surface area contributed by atoms with Gasteiger partial charge in [-0.05, 0) is 31.1 Å². The molecule has 1 saturated carbocycles. The summed E-state index contributed by atoms with van der Waals surface area (Å²) in [4.78, 5) is 12.2. The van der Waals surface area contributed by atoms with E-state index < -0.39 is 0 Å². The first kappa shape index (κ1) is 14.9. The predicted molar refractivity (Wildman–Crippen MR) is 82.8 cm³/mol. The number of hydrogen-bond donors (Lipinski definition) is 1. The van der Waals surface area contributed by atoms with Gasteiger partial charge in [0.05, 0.1) is 24.0 Å². The fraction of sp³-hybridized carbons (Fsp3) is 0.733. The maximum absolute atomic E-state index is 12.2. The Kier molecular flexibility index (Phi) is 4.22. The molecular weight excluding hydrogens is 290 g/mol. The van der Waals surface area contributed by atoms with Crippen molar-refractivity contribution in [2.45, 2.75) is 51.8 Å². The third-order valence-corrected chi connectivity index (χ3v) is 4.45. The Morgan fingerprint density at radius 1 is 1.48 bits per heavy atom. The van der Waals surface area contributed by atoms with E-state index in [0.717, 1.165) is 13.0 Å². The van der Waals surface area contributed by atoms with Crippen LogP contribution in [0.25, 0.3) is 0 Å². The lowest BCUT2D eigenvalue weighted by Crippen LogP contribution is -2.33. The monoisotopic (exact) mass is 311 g/mol. The highest BCUT2D eigenvalue weighted by atomic mass is 35.5. The third kappa shape index (κ3) is 3.24. The van der Waals surface area contributed by atoms with Gasteiger partial charge in [-0.1, -0.05) is 25.4 Å². The molecule has 0 spiro atoms. The van der Waals surface area contributed by atoms with Crippen molar-refractivity contribution in [3.8, 4) is 0 Å². The minimum Gasteiger partial charge on any atom is -0.377 e. The highest BCUT2D eigenvalue weighted by Crippen LogP contribution is 2.39. The molecule has 1 aliphatic carbocycles. The van der Waals surface area contributed by atoms with Crippen molar-refractivity contribution in [3.05, 3.63) is 21.6 Å². The fourth-order valence-electron chi connectivity index (χ4n) is 2.90. The van der Waals surface area contributed by atoms with Gasteiger partial charge in [0.2, 0.25) is 0 Å². The van der Waals surface area contributed by atoms with Crippen molar-refractivity contribution in [3.63, 3.8) is 0 Å². The number of ether oxygens (including phenoxy) is 1. The Balaban J connectivity index is 1.76. The van der Waals surface area contributed by atoms with E-state index in [1.165, 1.54) is 17.5 Å². The van der Waals surface area contributed by atoms with E-state index in [9.17, 15) is 4.79 Å². The number of hydrogen-bond acceptors (Lipinski definition) is 4. The molecule has 0 radical (unpaired) electrons. The standard InChI is InChI=1S/C15H22ClN3O2/c1-9(2)8-19-15(20)13(16)12(7-17-19)18-11-5-6-21-14(11)10-3-4-10/h7,9-11,14,18H,3-6,8H2,1-2H3. The van der Waals surface area contributed by atoms with E-state index in [2.05, 4.69) is 10.4 Å². The summed E-state index contributed by atoms with van der Waals surface area (Å²) >= 11 is 6.23. The molecule has 1 N–H and O–H groups in total. The minimum atomic E-state index is -0.225. The lowest BCUT2D eigenvalue weighted by Gasteiger charge is -2.21. The van der Waals surface area contributed by atoms with Crippen LogP contribution < -0.4 is 10.9 Å². The summed E-state index contributed by atoms with van der Waals surface area (Å²) in [6.45, 7) is 5.44. The van der Waals surface area contributed by atoms with Gasteiger partial charge in [0.25, 0.3) is 5.56 Å². The molecule has 3 rings (SSSR count). The largest absolute Gasteiger partial charge is 0.377 e. The highest BCUT2D eigenvalue weighted by Gasteiger charge is 2.40. The van der Waals surface area contributed by atoms with E-state index >= 15 is 0 Å². The number of rotatable bonds is 5. The van der Waals surface area contributed by atoms with Crippen LogP contribution in [-0.2, 0) is 11.3 Å². The van der Waals surface area contributed by atoms with Crippen LogP contribution >= 0.6 is 11.6 Å². The second-order valence-electron chi connectivity index (χ2n) is 6.47. The molecule has 1 saturated heterocycles. The molecule has 1 aliphatic heterocycles. The first-order chi connectivity index (χ1) is 10.1. The van der Waals surface area contributed by atoms with Crippen LogP contribution in [0.2, 0.25) is 5.02 Å². The quantitative estimate of drug-likeness (QED) is 0.908. The van der Waals surface area contributed by atoms with Crippen LogP contribution in [0.1, 0.15) is 33.1 Å². The number of halogens is 1. The van der Waals surface area contributed by atoms with Gasteiger partial charge < -0.3 is 10.1 Å². The van der Waals surface area contributed by atoms with E-state index in [1.54, 1.807) is 6.20 Å². The van der Waals surface area contributed by atoms with Crippen molar-refractivity contribution < 1.29 is 4.74 Å². The molecule has 2 fully saturated rings. The lowest BCUT2D eigenvalue weighted by atomic mass is 10.1. The summed E-state index contributed by atoms with van der Waals surface area (Å²) in [5.74, 6) is 1.02. The van der Waals surface area contributed by atoms with Crippen LogP contribution in [0.15, 0.2) is 11.0 Å². The van der Waals surface area contributed by atoms with Crippen LogP contribution in [0.5, 0.6) is 0 Å². The van der Waals surface area contributed by atoms with Crippen LogP contribution in [-0.4, -0.2) is 28.5 Å². The molecule has 2 unspecified atom stereocenters. The van der Waals surface area contributed by atoms with Gasteiger partial charge in [-0.3, -0.25) is 4.79 Å². The first-order valence-electron chi connectivity index (χ1n) is 7.70. The van der Waals surface area contributed by atoms with Gasteiger partial charge in [0.1, 0.15) is 5.02 Å². The van der Waals surface area contributed by atoms with E-state index in [0.29, 0.717) is 24.1 Å². The third-order valence-electron chi connectivity index (χ3n) is 4.09. The van der Waals surface area contributed by atoms with Crippen molar-refractivity contribution >= 4 is 17.3 Å². The molecule has 0 aromatic carbocycles. The van der Waals surface area contributed by atoms with E-state index in [4.69, 9.17) is 16.3 Å². The van der Waals surface area contributed by atoms with Crippen LogP contribution in [0, 0.1) is 11.8 Å². The number of anilines is 1. The summed E-state index contributed by atoms with van der Waals surface area (Å²) in [7, 11) is 0. The average molecular weight is 312 g/mol. The maximum Gasteiger partial charge on any atom is 0.287 e. The summed E-state index contributed by atoms with van der Waals surface area (Å²) in [5, 5.41) is 7.82. The molecule has 6 heteroatoms. The van der Waals surface area contributed by atoms with Crippen molar-refractivity contribution in [1.82, 2.24) is 9.78 Å². The molecule has 2 atom stereocenters. The second-order valence-corrected chi connectivity index (χ2v) is 6.84. The van der Waals surface area contributed by atoms with Crippen molar-refractivity contribution in [2.75, 3.05) is 11.9 Å². The summed E-state index contributed by atoms with van der Waals surface area (Å²) in [6.07, 6.45) is 5.34. The van der Waals surface area contributed by atoms with Gasteiger partial charge in [-0.2, -0.15) is 5.10 Å². The van der Waals surface area contributed by atoms with Gasteiger partial charge >= 0.3 is 0 Å². The summed E-state index contributed by atoms with van der Waals surface area (Å²) in [5.41, 5.74) is 0.403. The average Bonchev–Trinajstić information content (AvgIpc) is 3.18. The van der Waals surface area contributed by atoms with Gasteiger partial charge in [0.15, 0.2) is 0 Å². The van der Waals surface area contributed by atoms with Crippen molar-refractivity contribution in [1.29, 1.82) is 0 Å². The van der Waals surface area contributed by atoms with E-state index in [1.807, 2.05) is 13.8 Å². The van der Waals surface area contributed by atoms with Gasteiger partial charge in [-0.15, -0.1) is 0 Å². The molecule has 2 heterocycles. The predicted octanol–water partition coefficient (Wildman–Crippen LogP) is 2.53. The molecule has 1 aromatic heterocycles. The molecule has 116 valence electrons. The van der Waals surface area contributed by atoms with Crippen molar-refractivity contribution in [2.24, 2.45) is 11.8 Å². The summed E-state index contributed by atoms with van der Waals surface area (Å²) in [6, 6.07) is 0.233. The van der Waals surface area contributed by atoms with Gasteiger partial charge in [-0.25, -0.2) is 4.68 Å². The Bertz CT molecular complexity index is 569. The number of nitrogens with zero attached hydrogens (tertiary/aromatic N) is 2. The fourth-order valence-corrected chi connectivity index (χ4v) is 3.10. The van der Waals surface area contributed by atoms with Crippen LogP contribution in [0.4, 0.5) is 5.69 Å². The first-order valence-corrected chi connectivity index (χ1v) is 8.08. The number of aromatic nitrogens is 2. The molecule has 1 aromatic rings. The maximum atomic E-state index is 12.2. The molecule has 0 bridgehead atoms. The van der Waals surface area contributed by atoms with Crippen LogP contribution in [0.3, 0.4) is 0 Å². The summed E-state index contributed by atoms with van der Waals surface area (Å²) < 4.78 is 7.23. The zero-order valence-corrected chi connectivity index (χ0v) is 13.3. The molecule has 5 nitrogen and oxygen atoms in total. The number of nitrogens with one attached hydrogen (secondary N) is 1. The highest BCUT2D eigenvalue weighted by molar-refractivity contribution is 6.32. The van der Waals surface area contributed by atoms with E-state index in [-0.39, 0.29) is 22.7 Å². The zero-order chi connectivity index (χ0) is 15.0. The Labute approximate surface area is 129 Å². The second kappa shape index (κ2) is 5.97. The Hall–Kier alpha value is -1.07. The molecule has 2 aliphatic rings. The smallest absolute Gasteiger partial charge is 0.287 e.